The molecule has 2 heterocycles. The first-order chi connectivity index (χ1) is 10.2. The molecule has 1 amide bonds. The van der Waals surface area contributed by atoms with Gasteiger partial charge in [0.1, 0.15) is 0 Å². The number of likely N-dealkylation sites (tertiary alicyclic amines) is 2. The molecule has 0 aromatic rings. The lowest BCUT2D eigenvalue weighted by Crippen LogP contribution is -2.59. The van der Waals surface area contributed by atoms with Gasteiger partial charge in [0.05, 0.1) is 12.6 Å². The maximum Gasteiger partial charge on any atom is 0.275 e. The zero-order chi connectivity index (χ0) is 16.5. The molecule has 4 nitrogen and oxygen atoms in total. The van der Waals surface area contributed by atoms with Crippen LogP contribution in [0, 0.1) is 5.92 Å². The molecule has 0 bridgehead atoms. The molecular weight excluding hydrogens is 288 g/mol. The van der Waals surface area contributed by atoms with Gasteiger partial charge in [-0.1, -0.05) is 13.8 Å². The van der Waals surface area contributed by atoms with Crippen molar-refractivity contribution in [3.63, 3.8) is 0 Å². The first-order valence-electron chi connectivity index (χ1n) is 8.37. The Morgan fingerprint density at radius 2 is 1.86 bits per heavy atom. The molecule has 0 saturated carbocycles. The number of rotatable bonds is 4. The Hall–Kier alpha value is -0.750. The molecule has 2 saturated heterocycles. The van der Waals surface area contributed by atoms with Crippen molar-refractivity contribution in [1.82, 2.24) is 15.1 Å². The molecule has 2 aliphatic rings. The number of halogens is 2. The SMILES string of the molecule is CC(C)C(=O)NC1CCN(C2CCN(C(C)C)CC2(F)F)C1. The summed E-state index contributed by atoms with van der Waals surface area (Å²) < 4.78 is 29.0. The van der Waals surface area contributed by atoms with Crippen LogP contribution in [0.4, 0.5) is 8.78 Å². The van der Waals surface area contributed by atoms with Crippen LogP contribution in [0.2, 0.25) is 0 Å². The number of carbonyl (C=O) groups excluding carboxylic acids is 1. The van der Waals surface area contributed by atoms with Crippen molar-refractivity contribution >= 4 is 5.91 Å². The molecule has 2 fully saturated rings. The highest BCUT2D eigenvalue weighted by atomic mass is 19.3. The average molecular weight is 317 g/mol. The summed E-state index contributed by atoms with van der Waals surface area (Å²) in [6.07, 6.45) is 1.26. The average Bonchev–Trinajstić information content (AvgIpc) is 2.85. The number of carbonyl (C=O) groups is 1. The number of alkyl halides is 2. The van der Waals surface area contributed by atoms with E-state index in [2.05, 4.69) is 5.32 Å². The third-order valence-electron chi connectivity index (χ3n) is 4.85. The molecule has 22 heavy (non-hydrogen) atoms. The predicted octanol–water partition coefficient (Wildman–Crippen LogP) is 1.95. The van der Waals surface area contributed by atoms with Gasteiger partial charge in [0.25, 0.3) is 5.92 Å². The van der Waals surface area contributed by atoms with E-state index in [-0.39, 0.29) is 30.5 Å². The number of amides is 1. The zero-order valence-electron chi connectivity index (χ0n) is 14.1. The fourth-order valence-electron chi connectivity index (χ4n) is 3.40. The van der Waals surface area contributed by atoms with Crippen LogP contribution in [0.25, 0.3) is 0 Å². The molecule has 2 aliphatic heterocycles. The Bertz CT molecular complexity index is 401. The monoisotopic (exact) mass is 317 g/mol. The zero-order valence-corrected chi connectivity index (χ0v) is 14.1. The minimum absolute atomic E-state index is 0.00763. The second-order valence-electron chi connectivity index (χ2n) is 7.27. The maximum atomic E-state index is 14.5. The number of piperidine rings is 1. The van der Waals surface area contributed by atoms with E-state index in [1.165, 1.54) is 0 Å². The number of nitrogens with one attached hydrogen (secondary N) is 1. The van der Waals surface area contributed by atoms with E-state index in [1.807, 2.05) is 37.5 Å². The first kappa shape index (κ1) is 17.6. The summed E-state index contributed by atoms with van der Waals surface area (Å²) in [6, 6.07) is -0.527. The Morgan fingerprint density at radius 1 is 1.18 bits per heavy atom. The quantitative estimate of drug-likeness (QED) is 0.861. The summed E-state index contributed by atoms with van der Waals surface area (Å²) in [7, 11) is 0. The van der Waals surface area contributed by atoms with Gasteiger partial charge in [0.2, 0.25) is 5.91 Å². The molecule has 128 valence electrons. The van der Waals surface area contributed by atoms with Gasteiger partial charge < -0.3 is 5.32 Å². The summed E-state index contributed by atoms with van der Waals surface area (Å²) in [6.45, 7) is 9.36. The van der Waals surface area contributed by atoms with E-state index in [4.69, 9.17) is 0 Å². The van der Waals surface area contributed by atoms with Crippen molar-refractivity contribution in [2.24, 2.45) is 5.92 Å². The van der Waals surface area contributed by atoms with Crippen molar-refractivity contribution in [2.75, 3.05) is 26.2 Å². The van der Waals surface area contributed by atoms with Crippen molar-refractivity contribution < 1.29 is 13.6 Å². The molecule has 0 aliphatic carbocycles. The summed E-state index contributed by atoms with van der Waals surface area (Å²) in [5.74, 6) is -2.74. The van der Waals surface area contributed by atoms with Gasteiger partial charge in [-0.25, -0.2) is 8.78 Å². The van der Waals surface area contributed by atoms with Crippen molar-refractivity contribution in [1.29, 1.82) is 0 Å². The Kier molecular flexibility index (Phi) is 5.43. The van der Waals surface area contributed by atoms with E-state index < -0.39 is 12.0 Å². The normalized spacial score (nSPS) is 30.2. The van der Waals surface area contributed by atoms with E-state index >= 15 is 0 Å². The molecule has 6 heteroatoms. The third-order valence-corrected chi connectivity index (χ3v) is 4.85. The summed E-state index contributed by atoms with van der Waals surface area (Å²) in [4.78, 5) is 15.5. The highest BCUT2D eigenvalue weighted by Gasteiger charge is 2.49. The topological polar surface area (TPSA) is 35.6 Å². The lowest BCUT2D eigenvalue weighted by Gasteiger charge is -2.43. The predicted molar refractivity (Wildman–Crippen MR) is 83.0 cm³/mol. The summed E-state index contributed by atoms with van der Waals surface area (Å²) in [5.41, 5.74) is 0. The van der Waals surface area contributed by atoms with Crippen LogP contribution >= 0.6 is 0 Å². The van der Waals surface area contributed by atoms with Gasteiger partial charge in [-0.05, 0) is 26.7 Å². The number of hydrogen-bond donors (Lipinski definition) is 1. The number of nitrogens with zero attached hydrogens (tertiary/aromatic N) is 2. The van der Waals surface area contributed by atoms with Crippen LogP contribution in [0.1, 0.15) is 40.5 Å². The van der Waals surface area contributed by atoms with Gasteiger partial charge in [-0.3, -0.25) is 14.6 Å². The van der Waals surface area contributed by atoms with Crippen LogP contribution < -0.4 is 5.32 Å². The fourth-order valence-corrected chi connectivity index (χ4v) is 3.40. The van der Waals surface area contributed by atoms with Gasteiger partial charge >= 0.3 is 0 Å². The molecule has 0 aromatic heterocycles. The van der Waals surface area contributed by atoms with Gasteiger partial charge in [0, 0.05) is 37.6 Å². The van der Waals surface area contributed by atoms with E-state index in [0.29, 0.717) is 19.5 Å². The Labute approximate surface area is 132 Å². The fraction of sp³-hybridized carbons (Fsp3) is 0.938. The molecule has 0 spiro atoms. The molecule has 0 aromatic carbocycles. The first-order valence-corrected chi connectivity index (χ1v) is 8.37. The molecule has 2 atom stereocenters. The summed E-state index contributed by atoms with van der Waals surface area (Å²) >= 11 is 0. The van der Waals surface area contributed by atoms with E-state index in [1.54, 1.807) is 0 Å². The van der Waals surface area contributed by atoms with Crippen LogP contribution in [0.15, 0.2) is 0 Å². The van der Waals surface area contributed by atoms with Crippen molar-refractivity contribution in [2.45, 2.75) is 64.6 Å². The Morgan fingerprint density at radius 3 is 2.41 bits per heavy atom. The minimum atomic E-state index is -2.68. The highest BCUT2D eigenvalue weighted by molar-refractivity contribution is 5.78. The lowest BCUT2D eigenvalue weighted by atomic mass is 9.98. The maximum absolute atomic E-state index is 14.5. The van der Waals surface area contributed by atoms with Crippen molar-refractivity contribution in [3.05, 3.63) is 0 Å². The van der Waals surface area contributed by atoms with Gasteiger partial charge in [-0.15, -0.1) is 0 Å². The van der Waals surface area contributed by atoms with Crippen LogP contribution in [-0.2, 0) is 4.79 Å². The molecule has 1 N–H and O–H groups in total. The minimum Gasteiger partial charge on any atom is -0.352 e. The molecule has 0 radical (unpaired) electrons. The smallest absolute Gasteiger partial charge is 0.275 e. The van der Waals surface area contributed by atoms with Crippen LogP contribution in [-0.4, -0.2) is 65.9 Å². The second-order valence-corrected chi connectivity index (χ2v) is 7.27. The number of hydrogen-bond acceptors (Lipinski definition) is 3. The molecular formula is C16H29F2N3O. The third kappa shape index (κ3) is 3.96. The van der Waals surface area contributed by atoms with Crippen molar-refractivity contribution in [3.8, 4) is 0 Å². The molecule has 2 unspecified atom stereocenters. The van der Waals surface area contributed by atoms with E-state index in [9.17, 15) is 13.6 Å². The largest absolute Gasteiger partial charge is 0.352 e. The van der Waals surface area contributed by atoms with E-state index in [0.717, 1.165) is 13.0 Å². The Balaban J connectivity index is 1.92. The standard InChI is InChI=1S/C16H29F2N3O/c1-11(2)15(22)19-13-5-7-20(9-13)14-6-8-21(12(3)4)10-16(14,17)18/h11-14H,5-10H2,1-4H3,(H,19,22). The second kappa shape index (κ2) is 6.79. The van der Waals surface area contributed by atoms with Crippen LogP contribution in [0.5, 0.6) is 0 Å². The lowest BCUT2D eigenvalue weighted by molar-refractivity contribution is -0.129. The van der Waals surface area contributed by atoms with Gasteiger partial charge in [0.15, 0.2) is 0 Å². The van der Waals surface area contributed by atoms with Gasteiger partial charge in [-0.2, -0.15) is 0 Å². The summed E-state index contributed by atoms with van der Waals surface area (Å²) in [5, 5.41) is 2.97. The highest BCUT2D eigenvalue weighted by Crippen LogP contribution is 2.33. The van der Waals surface area contributed by atoms with Crippen LogP contribution in [0.3, 0.4) is 0 Å². The molecule has 2 rings (SSSR count).